The van der Waals surface area contributed by atoms with E-state index in [2.05, 4.69) is 20.4 Å². The Balaban J connectivity index is 0.00000289. The minimum atomic E-state index is -4.65. The summed E-state index contributed by atoms with van der Waals surface area (Å²) >= 11 is 6.13. The van der Waals surface area contributed by atoms with Gasteiger partial charge >= 0.3 is 7.60 Å². The summed E-state index contributed by atoms with van der Waals surface area (Å²) in [6.45, 7) is 1.78. The average molecular weight is 515 g/mol. The second-order valence-electron chi connectivity index (χ2n) is 7.27. The summed E-state index contributed by atoms with van der Waals surface area (Å²) in [7, 11) is 3.76. The summed E-state index contributed by atoms with van der Waals surface area (Å²) in [5, 5.41) is 5.54. The molecule has 0 unspecified atom stereocenters. The molecule has 1 N–H and O–H groups in total. The van der Waals surface area contributed by atoms with E-state index in [0.29, 0.717) is 13.0 Å². The molecule has 0 aliphatic heterocycles. The van der Waals surface area contributed by atoms with E-state index in [4.69, 9.17) is 16.3 Å². The third kappa shape index (κ3) is 6.12. The van der Waals surface area contributed by atoms with E-state index in [0.717, 1.165) is 29.9 Å². The molecule has 0 aliphatic carbocycles. The maximum atomic E-state index is 15.0. The number of nitrogens with one attached hydrogen (secondary N) is 1. The van der Waals surface area contributed by atoms with Crippen LogP contribution in [0.5, 0.6) is 5.75 Å². The first-order valence-electron chi connectivity index (χ1n) is 9.48. The number of fused-ring (bicyclic) bond motifs is 1. The molecule has 14 heteroatoms. The molecule has 3 rings (SSSR count). The van der Waals surface area contributed by atoms with Gasteiger partial charge in [-0.2, -0.15) is 32.8 Å². The quantitative estimate of drug-likeness (QED) is 0.279. The van der Waals surface area contributed by atoms with E-state index in [1.54, 1.807) is 0 Å². The Bertz CT molecular complexity index is 1090. The van der Waals surface area contributed by atoms with Crippen LogP contribution in [0.4, 0.5) is 27.8 Å². The third-order valence-electron chi connectivity index (χ3n) is 4.51. The second-order valence-corrected chi connectivity index (χ2v) is 7.63. The van der Waals surface area contributed by atoms with Crippen molar-refractivity contribution in [2.75, 3.05) is 32.6 Å². The Hall–Kier alpha value is -2.44. The molecule has 0 amide bonds. The first-order valence-corrected chi connectivity index (χ1v) is 9.86. The van der Waals surface area contributed by atoms with Gasteiger partial charge < -0.3 is 27.4 Å². The van der Waals surface area contributed by atoms with E-state index in [-0.39, 0.29) is 32.0 Å². The smallest absolute Gasteiger partial charge is 1.00 e. The SMILES string of the molecule is C[C@H](Nc1c(-c2c(F)cc(OCCCN(C)C)cc2F)c(Cl)nc2ncnn12)C(F)(F)F.[Cl-].[H+]. The van der Waals surface area contributed by atoms with Crippen LogP contribution >= 0.6 is 11.6 Å². The topological polar surface area (TPSA) is 67.6 Å². The molecule has 33 heavy (non-hydrogen) atoms. The number of ether oxygens (including phenoxy) is 1. The largest absolute Gasteiger partial charge is 1.00 e. The average Bonchev–Trinajstić information content (AvgIpc) is 3.13. The van der Waals surface area contributed by atoms with Crippen molar-refractivity contribution in [2.24, 2.45) is 0 Å². The van der Waals surface area contributed by atoms with Gasteiger partial charge in [0.25, 0.3) is 5.78 Å². The summed E-state index contributed by atoms with van der Waals surface area (Å²) in [4.78, 5) is 9.60. The molecule has 0 fully saturated rings. The van der Waals surface area contributed by atoms with E-state index < -0.39 is 46.0 Å². The van der Waals surface area contributed by atoms with Crippen LogP contribution < -0.4 is 22.5 Å². The first-order chi connectivity index (χ1) is 15.0. The van der Waals surface area contributed by atoms with Crippen molar-refractivity contribution in [1.82, 2.24) is 24.5 Å². The van der Waals surface area contributed by atoms with Crippen LogP contribution in [0.25, 0.3) is 16.9 Å². The van der Waals surface area contributed by atoms with Gasteiger partial charge in [-0.1, -0.05) is 11.6 Å². The zero-order valence-corrected chi connectivity index (χ0v) is 19.2. The summed E-state index contributed by atoms with van der Waals surface area (Å²) < 4.78 is 75.8. The molecule has 7 nitrogen and oxygen atoms in total. The van der Waals surface area contributed by atoms with E-state index in [9.17, 15) is 22.0 Å². The van der Waals surface area contributed by atoms with Crippen molar-refractivity contribution in [1.29, 1.82) is 0 Å². The molecule has 1 atom stereocenters. The molecule has 2 aromatic heterocycles. The lowest BCUT2D eigenvalue weighted by molar-refractivity contribution is -0.138. The zero-order chi connectivity index (χ0) is 23.6. The minimum absolute atomic E-state index is 0. The number of hydrogen-bond donors (Lipinski definition) is 1. The van der Waals surface area contributed by atoms with Crippen LogP contribution in [0.1, 0.15) is 14.8 Å². The Kier molecular flexibility index (Phi) is 8.66. The van der Waals surface area contributed by atoms with Gasteiger partial charge in [0.2, 0.25) is 0 Å². The maximum absolute atomic E-state index is 15.0. The molecule has 0 spiro atoms. The standard InChI is InChI=1S/C19H20ClF5N6O.ClH/c1-10(19(23,24)25)28-17-15(16(20)29-18-26-9-27-31(17)18)14-12(21)7-11(8-13(14)22)32-6-4-5-30(2)3;/h7-10,28H,4-6H2,1-3H3;1H/t10-;/m0./s1. The fraction of sp³-hybridized carbons (Fsp3) is 0.421. The summed E-state index contributed by atoms with van der Waals surface area (Å²) in [5.74, 6) is -2.78. The third-order valence-corrected chi connectivity index (χ3v) is 4.78. The summed E-state index contributed by atoms with van der Waals surface area (Å²) in [5.41, 5.74) is -1.09. The van der Waals surface area contributed by atoms with E-state index >= 15 is 0 Å². The van der Waals surface area contributed by atoms with E-state index in [1.807, 2.05) is 19.0 Å². The van der Waals surface area contributed by atoms with Gasteiger partial charge in [-0.05, 0) is 27.4 Å². The van der Waals surface area contributed by atoms with Crippen LogP contribution in [-0.4, -0.2) is 63.9 Å². The lowest BCUT2D eigenvalue weighted by atomic mass is 10.1. The molecule has 2 heterocycles. The number of nitrogens with zero attached hydrogens (tertiary/aromatic N) is 5. The van der Waals surface area contributed by atoms with Gasteiger partial charge in [-0.3, -0.25) is 0 Å². The zero-order valence-electron chi connectivity index (χ0n) is 18.7. The lowest BCUT2D eigenvalue weighted by Gasteiger charge is -2.21. The van der Waals surface area contributed by atoms with Crippen molar-refractivity contribution < 1.29 is 40.5 Å². The lowest BCUT2D eigenvalue weighted by Crippen LogP contribution is -3.00. The maximum Gasteiger partial charge on any atom is 1.00 e. The van der Waals surface area contributed by atoms with Gasteiger partial charge in [0.15, 0.2) is 0 Å². The number of hydrogen-bond acceptors (Lipinski definition) is 6. The van der Waals surface area contributed by atoms with Gasteiger partial charge in [-0.15, -0.1) is 0 Å². The fourth-order valence-corrected chi connectivity index (χ4v) is 3.16. The molecule has 3 aromatic rings. The summed E-state index contributed by atoms with van der Waals surface area (Å²) in [6.07, 6.45) is -3.00. The van der Waals surface area contributed by atoms with Gasteiger partial charge in [0.05, 0.1) is 17.7 Å². The number of aromatic nitrogens is 4. The van der Waals surface area contributed by atoms with Crippen LogP contribution in [0.15, 0.2) is 18.5 Å². The number of rotatable bonds is 8. The van der Waals surface area contributed by atoms with Crippen molar-refractivity contribution in [3.05, 3.63) is 35.2 Å². The highest BCUT2D eigenvalue weighted by Crippen LogP contribution is 2.39. The molecule has 0 radical (unpaired) electrons. The van der Waals surface area contributed by atoms with Crippen molar-refractivity contribution in [3.63, 3.8) is 0 Å². The highest BCUT2D eigenvalue weighted by atomic mass is 35.5. The van der Waals surface area contributed by atoms with Crippen molar-refractivity contribution in [2.45, 2.75) is 25.6 Å². The Morgan fingerprint density at radius 3 is 2.42 bits per heavy atom. The molecule has 0 saturated carbocycles. The molecule has 0 saturated heterocycles. The summed E-state index contributed by atoms with van der Waals surface area (Å²) in [6, 6.07) is -0.211. The molecular weight excluding hydrogens is 494 g/mol. The second kappa shape index (κ2) is 10.7. The molecular formula is C19H21Cl2F5N6O. The Labute approximate surface area is 198 Å². The van der Waals surface area contributed by atoms with Crippen molar-refractivity contribution >= 4 is 23.2 Å². The predicted octanol–water partition coefficient (Wildman–Crippen LogP) is 1.53. The fourth-order valence-electron chi connectivity index (χ4n) is 2.90. The van der Waals surface area contributed by atoms with Crippen LogP contribution in [0.2, 0.25) is 5.15 Å². The molecule has 0 aliphatic rings. The number of anilines is 1. The van der Waals surface area contributed by atoms with Crippen LogP contribution in [0.3, 0.4) is 0 Å². The monoisotopic (exact) mass is 514 g/mol. The van der Waals surface area contributed by atoms with Gasteiger partial charge in [0.1, 0.15) is 40.7 Å². The molecule has 182 valence electrons. The highest BCUT2D eigenvalue weighted by molar-refractivity contribution is 6.33. The predicted molar refractivity (Wildman–Crippen MR) is 110 cm³/mol. The Morgan fingerprint density at radius 1 is 1.21 bits per heavy atom. The molecule has 0 bridgehead atoms. The first kappa shape index (κ1) is 26.8. The Morgan fingerprint density at radius 2 is 1.85 bits per heavy atom. The molecule has 1 aromatic carbocycles. The van der Waals surface area contributed by atoms with E-state index in [1.165, 1.54) is 0 Å². The number of halogens is 7. The van der Waals surface area contributed by atoms with Crippen molar-refractivity contribution in [3.8, 4) is 16.9 Å². The van der Waals surface area contributed by atoms with Crippen LogP contribution in [0, 0.1) is 11.6 Å². The highest BCUT2D eigenvalue weighted by Gasteiger charge is 2.37. The normalized spacial score (nSPS) is 12.7. The number of alkyl halides is 3. The number of benzene rings is 1. The van der Waals surface area contributed by atoms with Crippen LogP contribution in [-0.2, 0) is 0 Å². The minimum Gasteiger partial charge on any atom is -1.00 e. The van der Waals surface area contributed by atoms with Gasteiger partial charge in [-0.25, -0.2) is 8.78 Å². The van der Waals surface area contributed by atoms with Gasteiger partial charge in [0, 0.05) is 18.7 Å².